The molecular weight excluding hydrogens is 480 g/mol. The molecule has 0 aliphatic heterocycles. The summed E-state index contributed by atoms with van der Waals surface area (Å²) in [6.07, 6.45) is 9.50. The van der Waals surface area contributed by atoms with Crippen molar-refractivity contribution in [2.45, 2.75) is 25.7 Å². The number of esters is 2. The highest BCUT2D eigenvalue weighted by Gasteiger charge is 2.19. The molecule has 0 saturated heterocycles. The first-order chi connectivity index (χ1) is 17.6. The van der Waals surface area contributed by atoms with E-state index in [1.807, 2.05) is 30.4 Å². The topological polar surface area (TPSA) is 139 Å². The van der Waals surface area contributed by atoms with Gasteiger partial charge in [-0.15, -0.1) is 0 Å². The predicted molar refractivity (Wildman–Crippen MR) is 135 cm³/mol. The molecule has 0 bridgehead atoms. The molecule has 2 aromatic rings. The first-order valence-electron chi connectivity index (χ1n) is 11.3. The van der Waals surface area contributed by atoms with Crippen molar-refractivity contribution < 1.29 is 28.9 Å². The Morgan fingerprint density at radius 2 is 1.84 bits per heavy atom. The highest BCUT2D eigenvalue weighted by Crippen LogP contribution is 2.29. The lowest BCUT2D eigenvalue weighted by molar-refractivity contribution is -0.394. The summed E-state index contributed by atoms with van der Waals surface area (Å²) >= 11 is 0. The van der Waals surface area contributed by atoms with Gasteiger partial charge < -0.3 is 9.47 Å². The summed E-state index contributed by atoms with van der Waals surface area (Å²) in [5.41, 5.74) is 1.65. The van der Waals surface area contributed by atoms with Crippen LogP contribution in [0.5, 0.6) is 5.75 Å². The van der Waals surface area contributed by atoms with Crippen LogP contribution < -0.4 is 4.74 Å². The molecule has 1 aliphatic rings. The van der Waals surface area contributed by atoms with Crippen LogP contribution in [0.2, 0.25) is 0 Å². The number of allylic oxidation sites excluding steroid dienone is 5. The van der Waals surface area contributed by atoms with E-state index < -0.39 is 27.5 Å². The Hall–Kier alpha value is -4.86. The van der Waals surface area contributed by atoms with Crippen molar-refractivity contribution in [1.29, 1.82) is 0 Å². The second-order valence-electron chi connectivity index (χ2n) is 8.22. The van der Waals surface area contributed by atoms with Gasteiger partial charge in [0.1, 0.15) is 5.75 Å². The minimum Gasteiger partial charge on any atom is -0.462 e. The maximum Gasteiger partial charge on any atom is 0.338 e. The average Bonchev–Trinajstić information content (AvgIpc) is 2.88. The summed E-state index contributed by atoms with van der Waals surface area (Å²) in [5, 5.41) is 22.0. The fourth-order valence-electron chi connectivity index (χ4n) is 3.51. The van der Waals surface area contributed by atoms with E-state index in [0.29, 0.717) is 17.7 Å². The number of carbonyl (C=O) groups excluding carboxylic acids is 2. The molecule has 10 heteroatoms. The number of rotatable bonds is 10. The number of carbonyl (C=O) groups is 2. The summed E-state index contributed by atoms with van der Waals surface area (Å²) in [6.45, 7) is 5.02. The number of ether oxygens (including phenoxy) is 2. The van der Waals surface area contributed by atoms with Crippen LogP contribution in [0.1, 0.15) is 30.4 Å². The zero-order chi connectivity index (χ0) is 26.9. The monoisotopic (exact) mass is 504 g/mol. The van der Waals surface area contributed by atoms with Crippen molar-refractivity contribution in [3.8, 4) is 5.75 Å². The molecule has 3 rings (SSSR count). The molecular formula is C27H24N2O8. The fourth-order valence-corrected chi connectivity index (χ4v) is 3.51. The van der Waals surface area contributed by atoms with Crippen molar-refractivity contribution >= 4 is 23.3 Å². The van der Waals surface area contributed by atoms with Crippen LogP contribution in [0, 0.1) is 20.2 Å². The third-order valence-corrected chi connectivity index (χ3v) is 5.50. The van der Waals surface area contributed by atoms with E-state index in [9.17, 15) is 29.8 Å². The number of hydrogen-bond acceptors (Lipinski definition) is 8. The standard InChI is InChI=1S/C27H24N2O8/c1-18(2)27(31)37-24-12-9-21(10-13-24)20-6-3-19(4-7-20)5-14-26(30)36-16-15-22-8-11-23(28(32)33)17-25(22)29(34)35/h3-6,8-14,17,20H,1,7,15-16H2,2H3/b14-5+. The summed E-state index contributed by atoms with van der Waals surface area (Å²) in [4.78, 5) is 44.3. The van der Waals surface area contributed by atoms with Gasteiger partial charge in [-0.3, -0.25) is 20.2 Å². The highest BCUT2D eigenvalue weighted by molar-refractivity contribution is 5.88. The Morgan fingerprint density at radius 1 is 1.11 bits per heavy atom. The van der Waals surface area contributed by atoms with Crippen LogP contribution in [-0.4, -0.2) is 28.4 Å². The van der Waals surface area contributed by atoms with Gasteiger partial charge in [0.2, 0.25) is 0 Å². The van der Waals surface area contributed by atoms with Crippen LogP contribution in [0.3, 0.4) is 0 Å². The van der Waals surface area contributed by atoms with Crippen molar-refractivity contribution in [1.82, 2.24) is 0 Å². The lowest BCUT2D eigenvalue weighted by Crippen LogP contribution is -2.08. The Kier molecular flexibility index (Phi) is 8.82. The molecule has 0 saturated carbocycles. The number of nitrogens with zero attached hydrogens (tertiary/aromatic N) is 2. The molecule has 1 aliphatic carbocycles. The largest absolute Gasteiger partial charge is 0.462 e. The fraction of sp³-hybridized carbons (Fsp3) is 0.185. The molecule has 0 spiro atoms. The van der Waals surface area contributed by atoms with Crippen LogP contribution in [0.15, 0.2) is 90.6 Å². The Morgan fingerprint density at radius 3 is 2.43 bits per heavy atom. The second-order valence-corrected chi connectivity index (χ2v) is 8.22. The molecule has 0 aromatic heterocycles. The summed E-state index contributed by atoms with van der Waals surface area (Å²) < 4.78 is 10.3. The van der Waals surface area contributed by atoms with E-state index in [2.05, 4.69) is 6.58 Å². The molecule has 1 unspecified atom stereocenters. The van der Waals surface area contributed by atoms with E-state index >= 15 is 0 Å². The molecule has 10 nitrogen and oxygen atoms in total. The maximum atomic E-state index is 12.0. The van der Waals surface area contributed by atoms with Gasteiger partial charge in [0, 0.05) is 35.6 Å². The smallest absolute Gasteiger partial charge is 0.338 e. The van der Waals surface area contributed by atoms with Crippen LogP contribution in [0.4, 0.5) is 11.4 Å². The van der Waals surface area contributed by atoms with Gasteiger partial charge in [0.05, 0.1) is 22.5 Å². The minimum absolute atomic E-state index is 0.0450. The van der Waals surface area contributed by atoms with Gasteiger partial charge in [0.15, 0.2) is 0 Å². The quantitative estimate of drug-likeness (QED) is 0.140. The number of non-ortho nitro benzene ring substituents is 1. The number of nitro benzene ring substituents is 2. The van der Waals surface area contributed by atoms with E-state index in [1.165, 1.54) is 18.2 Å². The van der Waals surface area contributed by atoms with Gasteiger partial charge in [-0.05, 0) is 48.8 Å². The van der Waals surface area contributed by atoms with Crippen LogP contribution in [-0.2, 0) is 20.7 Å². The molecule has 190 valence electrons. The van der Waals surface area contributed by atoms with E-state index in [-0.39, 0.29) is 30.2 Å². The first kappa shape index (κ1) is 26.7. The number of benzene rings is 2. The normalized spacial score (nSPS) is 14.6. The Balaban J connectivity index is 1.49. The molecule has 1 atom stereocenters. The molecule has 0 heterocycles. The zero-order valence-corrected chi connectivity index (χ0v) is 20.0. The summed E-state index contributed by atoms with van der Waals surface area (Å²) in [6, 6.07) is 10.6. The third kappa shape index (κ3) is 7.56. The van der Waals surface area contributed by atoms with Crippen LogP contribution >= 0.6 is 0 Å². The van der Waals surface area contributed by atoms with Gasteiger partial charge in [-0.1, -0.05) is 36.9 Å². The molecule has 0 amide bonds. The van der Waals surface area contributed by atoms with Gasteiger partial charge >= 0.3 is 11.9 Å². The maximum absolute atomic E-state index is 12.0. The van der Waals surface area contributed by atoms with Crippen molar-refractivity contribution in [3.63, 3.8) is 0 Å². The molecule has 2 aromatic carbocycles. The lowest BCUT2D eigenvalue weighted by atomic mass is 9.90. The zero-order valence-electron chi connectivity index (χ0n) is 20.0. The lowest BCUT2D eigenvalue weighted by Gasteiger charge is -2.16. The Labute approximate surface area is 212 Å². The van der Waals surface area contributed by atoms with E-state index in [0.717, 1.165) is 17.2 Å². The van der Waals surface area contributed by atoms with Gasteiger partial charge in [-0.2, -0.15) is 0 Å². The highest BCUT2D eigenvalue weighted by atomic mass is 16.6. The van der Waals surface area contributed by atoms with Gasteiger partial charge in [0.25, 0.3) is 11.4 Å². The van der Waals surface area contributed by atoms with Crippen molar-refractivity contribution in [2.24, 2.45) is 0 Å². The van der Waals surface area contributed by atoms with E-state index in [4.69, 9.17) is 9.47 Å². The SMILES string of the molecule is C=C(C)C(=O)Oc1ccc(C2C=CC(/C=C/C(=O)OCCc3ccc([N+](=O)[O-])cc3[N+](=O)[O-])=CC2)cc1. The first-order valence-corrected chi connectivity index (χ1v) is 11.3. The summed E-state index contributed by atoms with van der Waals surface area (Å²) in [7, 11) is 0. The molecule has 0 N–H and O–H groups in total. The number of nitro groups is 2. The predicted octanol–water partition coefficient (Wildman–Crippen LogP) is 5.30. The Bertz CT molecular complexity index is 1320. The average molecular weight is 504 g/mol. The van der Waals surface area contributed by atoms with Gasteiger partial charge in [-0.25, -0.2) is 9.59 Å². The second kappa shape index (κ2) is 12.2. The van der Waals surface area contributed by atoms with Crippen molar-refractivity contribution in [3.05, 3.63) is 122 Å². The molecule has 37 heavy (non-hydrogen) atoms. The third-order valence-electron chi connectivity index (χ3n) is 5.50. The van der Waals surface area contributed by atoms with Crippen LogP contribution in [0.25, 0.3) is 0 Å². The summed E-state index contributed by atoms with van der Waals surface area (Å²) in [5.74, 6) is -0.512. The van der Waals surface area contributed by atoms with E-state index in [1.54, 1.807) is 25.1 Å². The molecule has 0 radical (unpaired) electrons. The van der Waals surface area contributed by atoms with Crippen molar-refractivity contribution in [2.75, 3.05) is 6.61 Å². The molecule has 0 fully saturated rings. The minimum atomic E-state index is -0.710. The number of hydrogen-bond donors (Lipinski definition) is 0.